The quantitative estimate of drug-likeness (QED) is 0.928. The van der Waals surface area contributed by atoms with E-state index in [0.717, 1.165) is 17.7 Å². The van der Waals surface area contributed by atoms with Gasteiger partial charge < -0.3 is 9.73 Å². The Balaban J connectivity index is 1.78. The van der Waals surface area contributed by atoms with Crippen molar-refractivity contribution in [1.82, 2.24) is 10.2 Å². The van der Waals surface area contributed by atoms with Gasteiger partial charge in [-0.2, -0.15) is 11.8 Å². The zero-order chi connectivity index (χ0) is 13.1. The monoisotopic (exact) mass is 275 g/mol. The summed E-state index contributed by atoms with van der Waals surface area (Å²) >= 11 is 2.00. The summed E-state index contributed by atoms with van der Waals surface area (Å²) in [4.78, 5) is 0. The molecule has 0 spiro atoms. The fraction of sp³-hybridized carbons (Fsp3) is 0.429. The molecular formula is C14H17N3OS. The van der Waals surface area contributed by atoms with Gasteiger partial charge in [0, 0.05) is 29.5 Å². The Morgan fingerprint density at radius 1 is 1.42 bits per heavy atom. The number of rotatable bonds is 4. The molecule has 1 saturated heterocycles. The summed E-state index contributed by atoms with van der Waals surface area (Å²) < 4.78 is 5.59. The third kappa shape index (κ3) is 2.92. The molecule has 1 aliphatic rings. The first-order chi connectivity index (χ1) is 9.35. The molecule has 0 amide bonds. The van der Waals surface area contributed by atoms with Crippen molar-refractivity contribution >= 4 is 17.4 Å². The molecule has 0 saturated carbocycles. The largest absolute Gasteiger partial charge is 0.421 e. The van der Waals surface area contributed by atoms with Gasteiger partial charge in [0.2, 0.25) is 11.8 Å². The molecule has 4 nitrogen and oxygen atoms in total. The maximum atomic E-state index is 5.59. The predicted octanol–water partition coefficient (Wildman–Crippen LogP) is 3.22. The number of thioether (sulfide) groups is 1. The number of nitrogens with one attached hydrogen (secondary N) is 1. The Morgan fingerprint density at radius 3 is 3.11 bits per heavy atom. The number of benzene rings is 1. The highest BCUT2D eigenvalue weighted by molar-refractivity contribution is 7.99. The highest BCUT2D eigenvalue weighted by atomic mass is 32.2. The van der Waals surface area contributed by atoms with Crippen molar-refractivity contribution in [2.45, 2.75) is 25.8 Å². The summed E-state index contributed by atoms with van der Waals surface area (Å²) in [5.41, 5.74) is 2.10. The number of aromatic nitrogens is 2. The standard InChI is InChI=1S/C14H17N3OS/c1-2-13-16-17-14(18-13)10-4-3-5-11(8-10)15-12-6-7-19-9-12/h3-5,8,12,15H,2,6-7,9H2,1H3/t12-/m1/s1. The van der Waals surface area contributed by atoms with Gasteiger partial charge in [-0.3, -0.25) is 0 Å². The number of anilines is 1. The van der Waals surface area contributed by atoms with Crippen LogP contribution in [-0.2, 0) is 6.42 Å². The molecule has 1 aromatic carbocycles. The fourth-order valence-electron chi connectivity index (χ4n) is 2.14. The van der Waals surface area contributed by atoms with E-state index in [1.54, 1.807) is 0 Å². The Hall–Kier alpha value is -1.49. The first-order valence-corrected chi connectivity index (χ1v) is 7.77. The van der Waals surface area contributed by atoms with Gasteiger partial charge in [0.25, 0.3) is 0 Å². The van der Waals surface area contributed by atoms with Gasteiger partial charge in [0.15, 0.2) is 0 Å². The maximum absolute atomic E-state index is 5.59. The molecule has 3 rings (SSSR count). The zero-order valence-electron chi connectivity index (χ0n) is 10.9. The average Bonchev–Trinajstić information content (AvgIpc) is 3.09. The minimum atomic E-state index is 0.578. The lowest BCUT2D eigenvalue weighted by Gasteiger charge is -2.13. The second-order valence-electron chi connectivity index (χ2n) is 4.64. The van der Waals surface area contributed by atoms with Gasteiger partial charge in [0.1, 0.15) is 0 Å². The molecule has 2 heterocycles. The van der Waals surface area contributed by atoms with Gasteiger partial charge in [-0.25, -0.2) is 0 Å². The molecule has 5 heteroatoms. The molecule has 1 aliphatic heterocycles. The fourth-order valence-corrected chi connectivity index (χ4v) is 3.29. The van der Waals surface area contributed by atoms with Gasteiger partial charge in [0.05, 0.1) is 0 Å². The lowest BCUT2D eigenvalue weighted by atomic mass is 10.1. The summed E-state index contributed by atoms with van der Waals surface area (Å²) in [6.45, 7) is 2.01. The zero-order valence-corrected chi connectivity index (χ0v) is 11.7. The van der Waals surface area contributed by atoms with Gasteiger partial charge in [-0.15, -0.1) is 10.2 Å². The van der Waals surface area contributed by atoms with Crippen LogP contribution in [0.5, 0.6) is 0 Å². The molecule has 0 radical (unpaired) electrons. The molecular weight excluding hydrogens is 258 g/mol. The predicted molar refractivity (Wildman–Crippen MR) is 78.5 cm³/mol. The van der Waals surface area contributed by atoms with Crippen molar-refractivity contribution in [1.29, 1.82) is 0 Å². The van der Waals surface area contributed by atoms with Crippen LogP contribution in [0, 0.1) is 0 Å². The van der Waals surface area contributed by atoms with E-state index >= 15 is 0 Å². The molecule has 19 heavy (non-hydrogen) atoms. The number of aryl methyl sites for hydroxylation is 1. The van der Waals surface area contributed by atoms with Crippen molar-refractivity contribution in [3.8, 4) is 11.5 Å². The minimum Gasteiger partial charge on any atom is -0.421 e. The van der Waals surface area contributed by atoms with Crippen molar-refractivity contribution in [3.63, 3.8) is 0 Å². The minimum absolute atomic E-state index is 0.578. The Morgan fingerprint density at radius 2 is 2.37 bits per heavy atom. The van der Waals surface area contributed by atoms with Crippen LogP contribution in [0.15, 0.2) is 28.7 Å². The second kappa shape index (κ2) is 5.65. The first-order valence-electron chi connectivity index (χ1n) is 6.62. The van der Waals surface area contributed by atoms with E-state index in [2.05, 4.69) is 27.6 Å². The van der Waals surface area contributed by atoms with Gasteiger partial charge >= 0.3 is 0 Å². The van der Waals surface area contributed by atoms with E-state index in [1.165, 1.54) is 17.9 Å². The third-order valence-corrected chi connectivity index (χ3v) is 4.34. The molecule has 1 atom stereocenters. The van der Waals surface area contributed by atoms with Crippen LogP contribution in [0.3, 0.4) is 0 Å². The van der Waals surface area contributed by atoms with Crippen molar-refractivity contribution in [2.24, 2.45) is 0 Å². The molecule has 0 aliphatic carbocycles. The van der Waals surface area contributed by atoms with Gasteiger partial charge in [-0.05, 0) is 30.4 Å². The second-order valence-corrected chi connectivity index (χ2v) is 5.79. The first kappa shape index (κ1) is 12.5. The Kier molecular flexibility index (Phi) is 3.73. The number of hydrogen-bond donors (Lipinski definition) is 1. The molecule has 1 fully saturated rings. The van der Waals surface area contributed by atoms with E-state index in [0.29, 0.717) is 17.8 Å². The molecule has 1 N–H and O–H groups in total. The van der Waals surface area contributed by atoms with Crippen molar-refractivity contribution in [2.75, 3.05) is 16.8 Å². The van der Waals surface area contributed by atoms with Crippen LogP contribution >= 0.6 is 11.8 Å². The Labute approximate surface area is 117 Å². The Bertz CT molecular complexity index is 549. The van der Waals surface area contributed by atoms with Crippen LogP contribution in [0.4, 0.5) is 5.69 Å². The summed E-state index contributed by atoms with van der Waals surface area (Å²) in [6.07, 6.45) is 2.00. The van der Waals surface area contributed by atoms with Crippen LogP contribution < -0.4 is 5.32 Å². The summed E-state index contributed by atoms with van der Waals surface area (Å²) in [7, 11) is 0. The smallest absolute Gasteiger partial charge is 0.247 e. The summed E-state index contributed by atoms with van der Waals surface area (Å²) in [6, 6.07) is 8.77. The van der Waals surface area contributed by atoms with E-state index in [1.807, 2.05) is 30.8 Å². The summed E-state index contributed by atoms with van der Waals surface area (Å²) in [5.74, 6) is 3.72. The van der Waals surface area contributed by atoms with Crippen LogP contribution in [-0.4, -0.2) is 27.7 Å². The van der Waals surface area contributed by atoms with Crippen LogP contribution in [0.25, 0.3) is 11.5 Å². The maximum Gasteiger partial charge on any atom is 0.247 e. The molecule has 100 valence electrons. The van der Waals surface area contributed by atoms with E-state index in [9.17, 15) is 0 Å². The lowest BCUT2D eigenvalue weighted by Crippen LogP contribution is -2.17. The molecule has 2 aromatic rings. The SMILES string of the molecule is CCc1nnc(-c2cccc(N[C@@H]3CCSC3)c2)o1. The summed E-state index contributed by atoms with van der Waals surface area (Å²) in [5, 5.41) is 11.6. The van der Waals surface area contributed by atoms with E-state index in [-0.39, 0.29) is 0 Å². The normalized spacial score (nSPS) is 18.7. The van der Waals surface area contributed by atoms with E-state index in [4.69, 9.17) is 4.42 Å². The van der Waals surface area contributed by atoms with Gasteiger partial charge in [-0.1, -0.05) is 13.0 Å². The molecule has 1 aromatic heterocycles. The van der Waals surface area contributed by atoms with Crippen molar-refractivity contribution in [3.05, 3.63) is 30.2 Å². The highest BCUT2D eigenvalue weighted by Crippen LogP contribution is 2.25. The highest BCUT2D eigenvalue weighted by Gasteiger charge is 2.15. The van der Waals surface area contributed by atoms with Crippen LogP contribution in [0.2, 0.25) is 0 Å². The number of hydrogen-bond acceptors (Lipinski definition) is 5. The van der Waals surface area contributed by atoms with Crippen LogP contribution in [0.1, 0.15) is 19.2 Å². The lowest BCUT2D eigenvalue weighted by molar-refractivity contribution is 0.513. The number of nitrogens with zero attached hydrogens (tertiary/aromatic N) is 2. The van der Waals surface area contributed by atoms with E-state index < -0.39 is 0 Å². The van der Waals surface area contributed by atoms with Crippen molar-refractivity contribution < 1.29 is 4.42 Å². The molecule has 0 bridgehead atoms. The third-order valence-electron chi connectivity index (χ3n) is 3.18. The average molecular weight is 275 g/mol. The topological polar surface area (TPSA) is 51.0 Å². The molecule has 0 unspecified atom stereocenters.